The molecule has 1 atom stereocenters. The molecule has 3 nitrogen and oxygen atoms in total. The van der Waals surface area contributed by atoms with Crippen LogP contribution in [-0.2, 0) is 6.42 Å². The molecule has 19 heavy (non-hydrogen) atoms. The lowest BCUT2D eigenvalue weighted by Gasteiger charge is -2.24. The van der Waals surface area contributed by atoms with Crippen LogP contribution >= 0.6 is 27.3 Å². The average molecular weight is 339 g/mol. The summed E-state index contributed by atoms with van der Waals surface area (Å²) in [6.45, 7) is 0.787. The van der Waals surface area contributed by atoms with Crippen molar-refractivity contribution < 1.29 is 4.74 Å². The van der Waals surface area contributed by atoms with Crippen molar-refractivity contribution in [1.29, 1.82) is 0 Å². The summed E-state index contributed by atoms with van der Waals surface area (Å²) in [4.78, 5) is 1.18. The number of ether oxygens (including phenoxy) is 1. The molecule has 0 radical (unpaired) electrons. The molecule has 1 aromatic heterocycles. The molecule has 0 aliphatic carbocycles. The van der Waals surface area contributed by atoms with Crippen molar-refractivity contribution >= 4 is 27.3 Å². The van der Waals surface area contributed by atoms with Gasteiger partial charge in [0.1, 0.15) is 5.75 Å². The number of hydrogen-bond acceptors (Lipinski definition) is 4. The molecule has 3 rings (SSSR count). The molecule has 1 aromatic carbocycles. The quantitative estimate of drug-likeness (QED) is 0.666. The lowest BCUT2D eigenvalue weighted by atomic mass is 9.97. The SMILES string of the molecule is NNC(c1cc(Br)cs1)c1cccc2c1OCCC2. The van der Waals surface area contributed by atoms with Crippen LogP contribution < -0.4 is 16.0 Å². The molecule has 1 aliphatic heterocycles. The fraction of sp³-hybridized carbons (Fsp3) is 0.286. The van der Waals surface area contributed by atoms with Crippen LogP contribution in [0.3, 0.4) is 0 Å². The molecule has 1 aliphatic rings. The van der Waals surface area contributed by atoms with Gasteiger partial charge in [0, 0.05) is 20.3 Å². The van der Waals surface area contributed by atoms with E-state index in [1.807, 2.05) is 0 Å². The minimum atomic E-state index is -0.0238. The first-order chi connectivity index (χ1) is 9.29. The van der Waals surface area contributed by atoms with Gasteiger partial charge >= 0.3 is 0 Å². The predicted molar refractivity (Wildman–Crippen MR) is 81.4 cm³/mol. The smallest absolute Gasteiger partial charge is 0.127 e. The van der Waals surface area contributed by atoms with Crippen LogP contribution in [0.4, 0.5) is 0 Å². The molecule has 100 valence electrons. The van der Waals surface area contributed by atoms with Gasteiger partial charge in [-0.05, 0) is 40.4 Å². The van der Waals surface area contributed by atoms with Gasteiger partial charge in [-0.15, -0.1) is 11.3 Å². The van der Waals surface area contributed by atoms with Gasteiger partial charge in [-0.1, -0.05) is 18.2 Å². The Kier molecular flexibility index (Phi) is 3.88. The van der Waals surface area contributed by atoms with Gasteiger partial charge in [0.25, 0.3) is 0 Å². The first-order valence-electron chi connectivity index (χ1n) is 6.24. The highest BCUT2D eigenvalue weighted by Gasteiger charge is 2.22. The third-order valence-corrected chi connectivity index (χ3v) is 5.07. The number of para-hydroxylation sites is 1. The summed E-state index contributed by atoms with van der Waals surface area (Å²) in [5, 5.41) is 2.07. The summed E-state index contributed by atoms with van der Waals surface area (Å²) in [7, 11) is 0. The number of benzene rings is 1. The Balaban J connectivity index is 2.04. The molecule has 0 bridgehead atoms. The van der Waals surface area contributed by atoms with E-state index < -0.39 is 0 Å². The highest BCUT2D eigenvalue weighted by atomic mass is 79.9. The molecule has 2 aromatic rings. The molecule has 0 spiro atoms. The third kappa shape index (κ3) is 2.56. The summed E-state index contributed by atoms with van der Waals surface area (Å²) in [6, 6.07) is 8.37. The first-order valence-corrected chi connectivity index (χ1v) is 7.91. The van der Waals surface area contributed by atoms with Crippen LogP contribution in [0.2, 0.25) is 0 Å². The number of nitrogens with one attached hydrogen (secondary N) is 1. The van der Waals surface area contributed by atoms with E-state index in [1.54, 1.807) is 11.3 Å². The Morgan fingerprint density at radius 3 is 3.05 bits per heavy atom. The van der Waals surface area contributed by atoms with Crippen LogP contribution in [0, 0.1) is 0 Å². The van der Waals surface area contributed by atoms with Crippen molar-refractivity contribution in [3.05, 3.63) is 50.1 Å². The average Bonchev–Trinajstić information content (AvgIpc) is 2.86. The fourth-order valence-electron chi connectivity index (χ4n) is 2.45. The predicted octanol–water partition coefficient (Wildman–Crippen LogP) is 3.39. The van der Waals surface area contributed by atoms with E-state index in [0.29, 0.717) is 0 Å². The molecule has 0 fully saturated rings. The largest absolute Gasteiger partial charge is 0.493 e. The topological polar surface area (TPSA) is 47.3 Å². The lowest BCUT2D eigenvalue weighted by Crippen LogP contribution is -2.29. The second-order valence-corrected chi connectivity index (χ2v) is 6.41. The van der Waals surface area contributed by atoms with Gasteiger partial charge in [-0.3, -0.25) is 5.84 Å². The molecule has 0 amide bonds. The molecular weight excluding hydrogens is 324 g/mol. The lowest BCUT2D eigenvalue weighted by molar-refractivity contribution is 0.283. The van der Waals surface area contributed by atoms with Crippen molar-refractivity contribution in [1.82, 2.24) is 5.43 Å². The maximum absolute atomic E-state index is 5.86. The number of thiophene rings is 1. The summed E-state index contributed by atoms with van der Waals surface area (Å²) in [5.74, 6) is 6.77. The van der Waals surface area contributed by atoms with Gasteiger partial charge in [0.2, 0.25) is 0 Å². The number of halogens is 1. The van der Waals surface area contributed by atoms with E-state index in [9.17, 15) is 0 Å². The third-order valence-electron chi connectivity index (χ3n) is 3.31. The van der Waals surface area contributed by atoms with E-state index in [0.717, 1.165) is 35.2 Å². The zero-order valence-corrected chi connectivity index (χ0v) is 12.8. The number of nitrogens with two attached hydrogens (primary N) is 1. The number of aryl methyl sites for hydroxylation is 1. The summed E-state index contributed by atoms with van der Waals surface area (Å²) in [6.07, 6.45) is 2.16. The Labute approximate surface area is 124 Å². The Morgan fingerprint density at radius 2 is 2.32 bits per heavy atom. The maximum atomic E-state index is 5.86. The zero-order chi connectivity index (χ0) is 13.2. The molecule has 3 N–H and O–H groups in total. The van der Waals surface area contributed by atoms with E-state index >= 15 is 0 Å². The Bertz CT molecular complexity index is 585. The number of rotatable bonds is 3. The van der Waals surface area contributed by atoms with Gasteiger partial charge < -0.3 is 4.74 Å². The number of hydrazine groups is 1. The monoisotopic (exact) mass is 338 g/mol. The van der Waals surface area contributed by atoms with Crippen LogP contribution in [0.1, 0.15) is 28.5 Å². The Morgan fingerprint density at radius 1 is 1.42 bits per heavy atom. The zero-order valence-electron chi connectivity index (χ0n) is 10.4. The molecular formula is C14H15BrN2OS. The van der Waals surface area contributed by atoms with Crippen molar-refractivity contribution in [2.24, 2.45) is 5.84 Å². The van der Waals surface area contributed by atoms with Crippen molar-refractivity contribution in [3.8, 4) is 5.75 Å². The summed E-state index contributed by atoms with van der Waals surface area (Å²) in [5.41, 5.74) is 5.30. The normalized spacial score (nSPS) is 15.7. The first kappa shape index (κ1) is 13.1. The van der Waals surface area contributed by atoms with Gasteiger partial charge in [-0.25, -0.2) is 5.43 Å². The van der Waals surface area contributed by atoms with E-state index in [1.165, 1.54) is 10.4 Å². The number of hydrogen-bond donors (Lipinski definition) is 2. The second-order valence-electron chi connectivity index (χ2n) is 4.55. The molecule has 0 saturated carbocycles. The van der Waals surface area contributed by atoms with Crippen molar-refractivity contribution in [2.45, 2.75) is 18.9 Å². The highest BCUT2D eigenvalue weighted by molar-refractivity contribution is 9.10. The minimum Gasteiger partial charge on any atom is -0.493 e. The summed E-state index contributed by atoms with van der Waals surface area (Å²) >= 11 is 5.17. The maximum Gasteiger partial charge on any atom is 0.127 e. The molecule has 5 heteroatoms. The van der Waals surface area contributed by atoms with Crippen LogP contribution in [0.5, 0.6) is 5.75 Å². The van der Waals surface area contributed by atoms with Crippen LogP contribution in [-0.4, -0.2) is 6.61 Å². The van der Waals surface area contributed by atoms with Crippen molar-refractivity contribution in [3.63, 3.8) is 0 Å². The molecule has 0 saturated heterocycles. The number of fused-ring (bicyclic) bond motifs is 1. The van der Waals surface area contributed by atoms with Crippen LogP contribution in [0.15, 0.2) is 34.1 Å². The summed E-state index contributed by atoms with van der Waals surface area (Å²) < 4.78 is 6.94. The van der Waals surface area contributed by atoms with Gasteiger partial charge in [-0.2, -0.15) is 0 Å². The minimum absolute atomic E-state index is 0.0238. The van der Waals surface area contributed by atoms with Gasteiger partial charge in [0.05, 0.1) is 12.6 Å². The highest BCUT2D eigenvalue weighted by Crippen LogP contribution is 2.37. The molecule has 1 unspecified atom stereocenters. The van der Waals surface area contributed by atoms with E-state index in [-0.39, 0.29) is 6.04 Å². The van der Waals surface area contributed by atoms with Crippen molar-refractivity contribution in [2.75, 3.05) is 6.61 Å². The van der Waals surface area contributed by atoms with Gasteiger partial charge in [0.15, 0.2) is 0 Å². The standard InChI is InChI=1S/C14H15BrN2OS/c15-10-7-12(19-8-10)13(17-16)11-5-1-3-9-4-2-6-18-14(9)11/h1,3,5,7-8,13,17H,2,4,6,16H2. The van der Waals surface area contributed by atoms with E-state index in [4.69, 9.17) is 10.6 Å². The fourth-order valence-corrected chi connectivity index (χ4v) is 3.97. The van der Waals surface area contributed by atoms with E-state index in [2.05, 4.69) is 51.0 Å². The Hall–Kier alpha value is -0.880. The molecule has 2 heterocycles. The second kappa shape index (κ2) is 5.63. The van der Waals surface area contributed by atoms with Crippen LogP contribution in [0.25, 0.3) is 0 Å².